The van der Waals surface area contributed by atoms with Crippen molar-refractivity contribution in [1.82, 2.24) is 30.1 Å². The van der Waals surface area contributed by atoms with Crippen LogP contribution in [-0.2, 0) is 11.3 Å². The smallest absolute Gasteiger partial charge is 0.244 e. The lowest BCUT2D eigenvalue weighted by molar-refractivity contribution is -0.124. The van der Waals surface area contributed by atoms with Crippen LogP contribution in [0, 0.1) is 0 Å². The third-order valence-electron chi connectivity index (χ3n) is 3.99. The highest BCUT2D eigenvalue weighted by Gasteiger charge is 2.15. The molecule has 0 fully saturated rings. The van der Waals surface area contributed by atoms with Crippen molar-refractivity contribution < 1.29 is 9.53 Å². The Hall–Kier alpha value is -2.90. The molecule has 0 bridgehead atoms. The van der Waals surface area contributed by atoms with Gasteiger partial charge in [0.25, 0.3) is 0 Å². The van der Waals surface area contributed by atoms with Gasteiger partial charge >= 0.3 is 0 Å². The first-order valence-electron chi connectivity index (χ1n) is 7.82. The number of aromatic nitrogens is 5. The molecule has 2 heterocycles. The normalized spacial score (nSPS) is 12.2. The van der Waals surface area contributed by atoms with Gasteiger partial charge in [0.1, 0.15) is 18.1 Å². The predicted molar refractivity (Wildman–Crippen MR) is 88.6 cm³/mol. The second kappa shape index (κ2) is 7.12. The molecule has 0 saturated heterocycles. The lowest BCUT2D eigenvalue weighted by Crippen LogP contribution is -2.32. The van der Waals surface area contributed by atoms with E-state index in [4.69, 9.17) is 4.74 Å². The number of hydrogen-bond donors (Lipinski definition) is 1. The average Bonchev–Trinajstić information content (AvgIpc) is 3.27. The zero-order valence-electron chi connectivity index (χ0n) is 13.7. The zero-order chi connectivity index (χ0) is 16.9. The summed E-state index contributed by atoms with van der Waals surface area (Å²) in [6.45, 7) is 3.19. The van der Waals surface area contributed by atoms with Gasteiger partial charge in [0.05, 0.1) is 7.11 Å². The number of methoxy groups -OCH3 is 1. The number of hydrogen-bond acceptors (Lipinski definition) is 5. The highest BCUT2D eigenvalue weighted by molar-refractivity contribution is 5.81. The maximum absolute atomic E-state index is 12.0. The summed E-state index contributed by atoms with van der Waals surface area (Å²) in [6.07, 6.45) is 4.32. The Kier molecular flexibility index (Phi) is 4.74. The van der Waals surface area contributed by atoms with E-state index in [0.717, 1.165) is 29.6 Å². The topological polar surface area (TPSA) is 86.9 Å². The minimum Gasteiger partial charge on any atom is -0.497 e. The van der Waals surface area contributed by atoms with E-state index in [1.54, 1.807) is 14.0 Å². The number of amides is 1. The van der Waals surface area contributed by atoms with Crippen LogP contribution in [0.25, 0.3) is 10.9 Å². The molecule has 0 aliphatic heterocycles. The standard InChI is InChI=1S/C16H20N6O2/c1-12(22-11-18-19-20-22)16(23)17-7-3-8-21-9-6-13-10-14(24-2)4-5-15(13)21/h4-6,9-12H,3,7-8H2,1-2H3,(H,17,23). The maximum atomic E-state index is 12.0. The first kappa shape index (κ1) is 16.0. The predicted octanol–water partition coefficient (Wildman–Crippen LogP) is 1.40. The molecule has 0 radical (unpaired) electrons. The summed E-state index contributed by atoms with van der Waals surface area (Å²) in [5.74, 6) is 0.758. The molecule has 1 atom stereocenters. The number of nitrogens with one attached hydrogen (secondary N) is 1. The molecule has 0 aliphatic carbocycles. The Morgan fingerprint density at radius 3 is 3.00 bits per heavy atom. The average molecular weight is 328 g/mol. The molecule has 1 unspecified atom stereocenters. The molecule has 1 aromatic carbocycles. The molecule has 1 N–H and O–H groups in total. The van der Waals surface area contributed by atoms with Crippen LogP contribution in [0.3, 0.4) is 0 Å². The van der Waals surface area contributed by atoms with Crippen molar-refractivity contribution in [2.24, 2.45) is 0 Å². The van der Waals surface area contributed by atoms with Crippen molar-refractivity contribution in [1.29, 1.82) is 0 Å². The number of carbonyl (C=O) groups is 1. The van der Waals surface area contributed by atoms with Crippen LogP contribution >= 0.6 is 0 Å². The highest BCUT2D eigenvalue weighted by Crippen LogP contribution is 2.21. The molecule has 126 valence electrons. The SMILES string of the molecule is COc1ccc2c(ccn2CCCNC(=O)C(C)n2cnnn2)c1. The van der Waals surface area contributed by atoms with E-state index in [2.05, 4.69) is 37.7 Å². The third-order valence-corrected chi connectivity index (χ3v) is 3.99. The number of aryl methyl sites for hydroxylation is 1. The molecular formula is C16H20N6O2. The van der Waals surface area contributed by atoms with Crippen LogP contribution in [0.1, 0.15) is 19.4 Å². The molecule has 8 nitrogen and oxygen atoms in total. The number of benzene rings is 1. The quantitative estimate of drug-likeness (QED) is 0.663. The lowest BCUT2D eigenvalue weighted by atomic mass is 10.2. The third kappa shape index (κ3) is 3.37. The van der Waals surface area contributed by atoms with Gasteiger partial charge in [-0.1, -0.05) is 0 Å². The van der Waals surface area contributed by atoms with Crippen LogP contribution in [0.15, 0.2) is 36.8 Å². The second-order valence-corrected chi connectivity index (χ2v) is 5.54. The first-order chi connectivity index (χ1) is 11.7. The number of carbonyl (C=O) groups excluding carboxylic acids is 1. The lowest BCUT2D eigenvalue weighted by Gasteiger charge is -2.12. The molecule has 3 aromatic rings. The van der Waals surface area contributed by atoms with Crippen molar-refractivity contribution >= 4 is 16.8 Å². The van der Waals surface area contributed by atoms with Crippen molar-refractivity contribution in [2.75, 3.05) is 13.7 Å². The second-order valence-electron chi connectivity index (χ2n) is 5.54. The fourth-order valence-corrected chi connectivity index (χ4v) is 2.57. The fraction of sp³-hybridized carbons (Fsp3) is 0.375. The molecule has 0 spiro atoms. The molecule has 0 saturated carbocycles. The van der Waals surface area contributed by atoms with E-state index < -0.39 is 6.04 Å². The van der Waals surface area contributed by atoms with Gasteiger partial charge in [-0.05, 0) is 48.0 Å². The molecule has 24 heavy (non-hydrogen) atoms. The van der Waals surface area contributed by atoms with Crippen LogP contribution in [0.4, 0.5) is 0 Å². The summed E-state index contributed by atoms with van der Waals surface area (Å²) in [4.78, 5) is 12.0. The maximum Gasteiger partial charge on any atom is 0.244 e. The Bertz CT molecular complexity index is 811. The van der Waals surface area contributed by atoms with Crippen LogP contribution in [-0.4, -0.2) is 44.3 Å². The van der Waals surface area contributed by atoms with E-state index in [9.17, 15) is 4.79 Å². The van der Waals surface area contributed by atoms with Crippen LogP contribution < -0.4 is 10.1 Å². The number of ether oxygens (including phenoxy) is 1. The minimum absolute atomic E-state index is 0.0931. The first-order valence-corrected chi connectivity index (χ1v) is 7.82. The van der Waals surface area contributed by atoms with Gasteiger partial charge in [-0.15, -0.1) is 5.10 Å². The van der Waals surface area contributed by atoms with Gasteiger partial charge in [0, 0.05) is 30.2 Å². The van der Waals surface area contributed by atoms with E-state index in [-0.39, 0.29) is 5.91 Å². The molecule has 1 amide bonds. The van der Waals surface area contributed by atoms with E-state index in [0.29, 0.717) is 6.54 Å². The summed E-state index contributed by atoms with van der Waals surface area (Å²) in [5, 5.41) is 14.9. The van der Waals surface area contributed by atoms with Gasteiger partial charge in [-0.3, -0.25) is 4.79 Å². The number of fused-ring (bicyclic) bond motifs is 1. The van der Waals surface area contributed by atoms with Gasteiger partial charge in [0.15, 0.2) is 0 Å². The Balaban J connectivity index is 1.51. The van der Waals surface area contributed by atoms with Crippen molar-refractivity contribution in [3.8, 4) is 5.75 Å². The fourth-order valence-electron chi connectivity index (χ4n) is 2.57. The number of tetrazole rings is 1. The Morgan fingerprint density at radius 1 is 1.38 bits per heavy atom. The molecule has 2 aromatic heterocycles. The molecular weight excluding hydrogens is 308 g/mol. The Labute approximate surface area is 139 Å². The van der Waals surface area contributed by atoms with Crippen LogP contribution in [0.2, 0.25) is 0 Å². The van der Waals surface area contributed by atoms with Crippen molar-refractivity contribution in [3.63, 3.8) is 0 Å². The van der Waals surface area contributed by atoms with Gasteiger partial charge in [-0.25, -0.2) is 4.68 Å². The molecule has 8 heteroatoms. The monoisotopic (exact) mass is 328 g/mol. The highest BCUT2D eigenvalue weighted by atomic mass is 16.5. The van der Waals surface area contributed by atoms with E-state index in [1.165, 1.54) is 11.0 Å². The summed E-state index contributed by atoms with van der Waals surface area (Å²) >= 11 is 0. The number of nitrogens with zero attached hydrogens (tertiary/aromatic N) is 5. The van der Waals surface area contributed by atoms with Gasteiger partial charge in [0.2, 0.25) is 5.91 Å². The summed E-state index contributed by atoms with van der Waals surface area (Å²) < 4.78 is 8.84. The summed E-state index contributed by atoms with van der Waals surface area (Å²) in [6, 6.07) is 7.67. The van der Waals surface area contributed by atoms with Gasteiger partial charge < -0.3 is 14.6 Å². The molecule has 0 aliphatic rings. The van der Waals surface area contributed by atoms with Crippen molar-refractivity contribution in [3.05, 3.63) is 36.8 Å². The molecule has 3 rings (SSSR count). The van der Waals surface area contributed by atoms with Crippen LogP contribution in [0.5, 0.6) is 5.75 Å². The minimum atomic E-state index is -0.417. The zero-order valence-corrected chi connectivity index (χ0v) is 13.7. The van der Waals surface area contributed by atoms with Crippen molar-refractivity contribution in [2.45, 2.75) is 25.9 Å². The van der Waals surface area contributed by atoms with E-state index >= 15 is 0 Å². The summed E-state index contributed by atoms with van der Waals surface area (Å²) in [7, 11) is 1.66. The number of rotatable bonds is 7. The summed E-state index contributed by atoms with van der Waals surface area (Å²) in [5.41, 5.74) is 1.16. The van der Waals surface area contributed by atoms with Gasteiger partial charge in [-0.2, -0.15) is 0 Å². The largest absolute Gasteiger partial charge is 0.497 e. The van der Waals surface area contributed by atoms with E-state index in [1.807, 2.05) is 18.2 Å². The Morgan fingerprint density at radius 2 is 2.25 bits per heavy atom.